The molecule has 0 radical (unpaired) electrons. The molecule has 0 saturated carbocycles. The van der Waals surface area contributed by atoms with Crippen molar-refractivity contribution in [2.24, 2.45) is 7.05 Å². The molecule has 0 spiro atoms. The molecule has 1 N–H and O–H groups in total. The van der Waals surface area contributed by atoms with Gasteiger partial charge < -0.3 is 14.6 Å². The summed E-state index contributed by atoms with van der Waals surface area (Å²) >= 11 is 3.11. The first kappa shape index (κ1) is 19.4. The number of carbonyl (C=O) groups is 1. The molecule has 0 atom stereocenters. The Bertz CT molecular complexity index is 920. The van der Waals surface area contributed by atoms with Crippen molar-refractivity contribution in [3.8, 4) is 17.1 Å². The highest BCUT2D eigenvalue weighted by Crippen LogP contribution is 2.28. The first-order valence-electron chi connectivity index (χ1n) is 8.65. The number of methoxy groups -OCH3 is 1. The number of ether oxygens (including phenoxy) is 1. The molecule has 3 rings (SSSR count). The van der Waals surface area contributed by atoms with Crippen LogP contribution >= 0.6 is 23.1 Å². The Morgan fingerprint density at radius 3 is 2.93 bits per heavy atom. The second kappa shape index (κ2) is 9.05. The van der Waals surface area contributed by atoms with Crippen LogP contribution in [0.1, 0.15) is 18.2 Å². The maximum absolute atomic E-state index is 12.3. The van der Waals surface area contributed by atoms with Gasteiger partial charge >= 0.3 is 0 Å². The van der Waals surface area contributed by atoms with Gasteiger partial charge in [-0.25, -0.2) is 0 Å². The van der Waals surface area contributed by atoms with E-state index in [1.54, 1.807) is 18.4 Å². The van der Waals surface area contributed by atoms with Crippen molar-refractivity contribution in [3.05, 3.63) is 40.6 Å². The van der Waals surface area contributed by atoms with E-state index in [1.165, 1.54) is 16.6 Å². The van der Waals surface area contributed by atoms with E-state index in [4.69, 9.17) is 4.74 Å². The number of amides is 1. The third kappa shape index (κ3) is 4.70. The number of thiophene rings is 1. The topological polar surface area (TPSA) is 69.0 Å². The fraction of sp³-hybridized carbons (Fsp3) is 0.316. The first-order valence-corrected chi connectivity index (χ1v) is 10.5. The molecule has 0 aliphatic rings. The third-order valence-electron chi connectivity index (χ3n) is 3.96. The van der Waals surface area contributed by atoms with Gasteiger partial charge in [0.25, 0.3) is 0 Å². The number of aromatic nitrogens is 3. The fourth-order valence-electron chi connectivity index (χ4n) is 2.63. The van der Waals surface area contributed by atoms with Crippen LogP contribution in [0.3, 0.4) is 0 Å². The number of aryl methyl sites for hydroxylation is 1. The molecule has 0 aliphatic carbocycles. The van der Waals surface area contributed by atoms with Crippen LogP contribution in [0.2, 0.25) is 0 Å². The van der Waals surface area contributed by atoms with Crippen LogP contribution in [-0.4, -0.2) is 33.5 Å². The summed E-state index contributed by atoms with van der Waals surface area (Å²) in [6.07, 6.45) is 2.20. The van der Waals surface area contributed by atoms with Crippen molar-refractivity contribution < 1.29 is 9.53 Å². The average molecular weight is 403 g/mol. The van der Waals surface area contributed by atoms with Gasteiger partial charge in [0, 0.05) is 22.9 Å². The van der Waals surface area contributed by atoms with Crippen LogP contribution in [0.15, 0.2) is 40.9 Å². The van der Waals surface area contributed by atoms with E-state index in [0.717, 1.165) is 24.2 Å². The lowest BCUT2D eigenvalue weighted by Gasteiger charge is -2.09. The summed E-state index contributed by atoms with van der Waals surface area (Å²) in [5, 5.41) is 14.2. The van der Waals surface area contributed by atoms with E-state index in [-0.39, 0.29) is 11.7 Å². The summed E-state index contributed by atoms with van der Waals surface area (Å²) in [6, 6.07) is 9.51. The molecule has 2 aromatic heterocycles. The average Bonchev–Trinajstić information content (AvgIpc) is 3.27. The van der Waals surface area contributed by atoms with Crippen LogP contribution in [0, 0.1) is 0 Å². The van der Waals surface area contributed by atoms with Gasteiger partial charge in [-0.15, -0.1) is 21.5 Å². The lowest BCUT2D eigenvalue weighted by molar-refractivity contribution is -0.113. The fourth-order valence-corrected chi connectivity index (χ4v) is 4.31. The van der Waals surface area contributed by atoms with Crippen LogP contribution in [0.25, 0.3) is 11.4 Å². The molecule has 0 aliphatic heterocycles. The Balaban J connectivity index is 1.63. The quantitative estimate of drug-likeness (QED) is 0.571. The number of nitrogens with zero attached hydrogens (tertiary/aromatic N) is 3. The van der Waals surface area contributed by atoms with Crippen molar-refractivity contribution in [1.29, 1.82) is 0 Å². The first-order chi connectivity index (χ1) is 13.1. The predicted molar refractivity (Wildman–Crippen MR) is 111 cm³/mol. The number of hydrogen-bond acceptors (Lipinski definition) is 6. The van der Waals surface area contributed by atoms with Crippen LogP contribution in [-0.2, 0) is 18.3 Å². The lowest BCUT2D eigenvalue weighted by atomic mass is 10.2. The van der Waals surface area contributed by atoms with E-state index < -0.39 is 0 Å². The van der Waals surface area contributed by atoms with Gasteiger partial charge in [-0.1, -0.05) is 37.2 Å². The van der Waals surface area contributed by atoms with E-state index in [1.807, 2.05) is 35.9 Å². The molecule has 142 valence electrons. The number of para-hydroxylation sites is 2. The second-order valence-corrected chi connectivity index (χ2v) is 7.89. The molecule has 1 amide bonds. The van der Waals surface area contributed by atoms with Gasteiger partial charge in [0.05, 0.1) is 18.6 Å². The summed E-state index contributed by atoms with van der Waals surface area (Å²) in [4.78, 5) is 13.6. The molecular formula is C19H22N4O2S2. The summed E-state index contributed by atoms with van der Waals surface area (Å²) < 4.78 is 7.18. The van der Waals surface area contributed by atoms with Crippen molar-refractivity contribution in [3.63, 3.8) is 0 Å². The zero-order valence-electron chi connectivity index (χ0n) is 15.6. The molecule has 27 heavy (non-hydrogen) atoms. The highest BCUT2D eigenvalue weighted by molar-refractivity contribution is 7.99. The minimum absolute atomic E-state index is 0.116. The Morgan fingerprint density at radius 1 is 1.33 bits per heavy atom. The van der Waals surface area contributed by atoms with Gasteiger partial charge in [-0.2, -0.15) is 0 Å². The number of benzene rings is 1. The zero-order valence-corrected chi connectivity index (χ0v) is 17.2. The molecule has 0 bridgehead atoms. The molecule has 2 heterocycles. The van der Waals surface area contributed by atoms with Crippen molar-refractivity contribution >= 4 is 34.7 Å². The van der Waals surface area contributed by atoms with Crippen LogP contribution in [0.4, 0.5) is 5.69 Å². The SMILES string of the molecule is CCCc1cc(-c2nnc(SCC(=O)Nc3ccccc3OC)n2C)cs1. The Hall–Kier alpha value is -2.32. The smallest absolute Gasteiger partial charge is 0.234 e. The highest BCUT2D eigenvalue weighted by Gasteiger charge is 2.15. The number of rotatable bonds is 8. The molecule has 8 heteroatoms. The largest absolute Gasteiger partial charge is 0.495 e. The number of hydrogen-bond donors (Lipinski definition) is 1. The van der Waals surface area contributed by atoms with Gasteiger partial charge in [-0.3, -0.25) is 4.79 Å². The third-order valence-corrected chi connectivity index (χ3v) is 5.97. The number of thioether (sulfide) groups is 1. The van der Waals surface area contributed by atoms with Crippen molar-refractivity contribution in [1.82, 2.24) is 14.8 Å². The molecular weight excluding hydrogens is 380 g/mol. The highest BCUT2D eigenvalue weighted by atomic mass is 32.2. The molecule has 1 aromatic carbocycles. The molecule has 0 unspecified atom stereocenters. The summed E-state index contributed by atoms with van der Waals surface area (Å²) in [5.41, 5.74) is 1.73. The van der Waals surface area contributed by atoms with Crippen molar-refractivity contribution in [2.45, 2.75) is 24.9 Å². The molecule has 0 saturated heterocycles. The van der Waals surface area contributed by atoms with E-state index >= 15 is 0 Å². The maximum atomic E-state index is 12.3. The summed E-state index contributed by atoms with van der Waals surface area (Å²) in [7, 11) is 3.50. The molecule has 6 nitrogen and oxygen atoms in total. The van der Waals surface area contributed by atoms with E-state index in [9.17, 15) is 4.79 Å². The Kier molecular flexibility index (Phi) is 6.52. The molecule has 3 aromatic rings. The molecule has 0 fully saturated rings. The zero-order chi connectivity index (χ0) is 19.2. The second-order valence-electron chi connectivity index (χ2n) is 5.95. The number of carbonyl (C=O) groups excluding carboxylic acids is 1. The van der Waals surface area contributed by atoms with Gasteiger partial charge in [0.1, 0.15) is 5.75 Å². The van der Waals surface area contributed by atoms with Crippen LogP contribution in [0.5, 0.6) is 5.75 Å². The lowest BCUT2D eigenvalue weighted by Crippen LogP contribution is -2.15. The van der Waals surface area contributed by atoms with Crippen molar-refractivity contribution in [2.75, 3.05) is 18.2 Å². The predicted octanol–water partition coefficient (Wildman–Crippen LogP) is 4.24. The maximum Gasteiger partial charge on any atom is 0.234 e. The van der Waals surface area contributed by atoms with Gasteiger partial charge in [0.15, 0.2) is 11.0 Å². The number of nitrogens with one attached hydrogen (secondary N) is 1. The normalized spacial score (nSPS) is 10.8. The monoisotopic (exact) mass is 402 g/mol. The van der Waals surface area contributed by atoms with E-state index in [2.05, 4.69) is 33.9 Å². The minimum Gasteiger partial charge on any atom is -0.495 e. The summed E-state index contributed by atoms with van der Waals surface area (Å²) in [5.74, 6) is 1.59. The minimum atomic E-state index is -0.116. The van der Waals surface area contributed by atoms with Gasteiger partial charge in [-0.05, 0) is 24.6 Å². The standard InChI is InChI=1S/C19H22N4O2S2/c1-4-7-14-10-13(11-26-14)18-21-22-19(23(18)2)27-12-17(24)20-15-8-5-6-9-16(15)25-3/h5-6,8-11H,4,7,12H2,1-3H3,(H,20,24). The Morgan fingerprint density at radius 2 is 2.15 bits per heavy atom. The van der Waals surface area contributed by atoms with Crippen LogP contribution < -0.4 is 10.1 Å². The van der Waals surface area contributed by atoms with E-state index in [0.29, 0.717) is 16.6 Å². The number of anilines is 1. The Labute approximate surface area is 167 Å². The van der Waals surface area contributed by atoms with Gasteiger partial charge in [0.2, 0.25) is 5.91 Å². The summed E-state index contributed by atoms with van der Waals surface area (Å²) in [6.45, 7) is 2.17.